The largest absolute Gasteiger partial charge is 0.372 e. The Balaban J connectivity index is 1.34. The smallest absolute Gasteiger partial charge is 0.313 e. The molecule has 0 aliphatic carbocycles. The van der Waals surface area contributed by atoms with E-state index in [9.17, 15) is 14.0 Å². The topological polar surface area (TPSA) is 101 Å². The summed E-state index contributed by atoms with van der Waals surface area (Å²) in [6.45, 7) is 5.70. The predicted octanol–water partition coefficient (Wildman–Crippen LogP) is 2.33. The molecular formula is C24H27FN6O3. The van der Waals surface area contributed by atoms with Gasteiger partial charge in [-0.15, -0.1) is 0 Å². The highest BCUT2D eigenvalue weighted by atomic mass is 19.1. The summed E-state index contributed by atoms with van der Waals surface area (Å²) in [6, 6.07) is 11.9. The van der Waals surface area contributed by atoms with E-state index in [1.165, 1.54) is 12.4 Å². The Kier molecular flexibility index (Phi) is 7.17. The molecule has 9 nitrogen and oxygen atoms in total. The van der Waals surface area contributed by atoms with Crippen molar-refractivity contribution < 1.29 is 18.7 Å². The van der Waals surface area contributed by atoms with Crippen molar-refractivity contribution in [2.75, 3.05) is 23.3 Å². The van der Waals surface area contributed by atoms with E-state index in [1.807, 2.05) is 43.0 Å². The second-order valence-corrected chi connectivity index (χ2v) is 8.33. The number of aromatic nitrogens is 3. The number of hydrogen-bond acceptors (Lipinski definition) is 6. The molecule has 1 aliphatic heterocycles. The molecule has 10 heteroatoms. The Morgan fingerprint density at radius 3 is 2.50 bits per heavy atom. The van der Waals surface area contributed by atoms with Crippen LogP contribution >= 0.6 is 0 Å². The van der Waals surface area contributed by atoms with Crippen LogP contribution < -0.4 is 15.5 Å². The van der Waals surface area contributed by atoms with Gasteiger partial charge < -0.3 is 20.3 Å². The Hall–Kier alpha value is -3.79. The second-order valence-electron chi connectivity index (χ2n) is 8.33. The van der Waals surface area contributed by atoms with E-state index in [1.54, 1.807) is 23.1 Å². The van der Waals surface area contributed by atoms with Crippen molar-refractivity contribution in [1.82, 2.24) is 20.1 Å². The normalized spacial score (nSPS) is 17.9. The lowest BCUT2D eigenvalue weighted by Gasteiger charge is -2.37. The van der Waals surface area contributed by atoms with Crippen molar-refractivity contribution in [3.05, 3.63) is 72.1 Å². The van der Waals surface area contributed by atoms with Crippen molar-refractivity contribution in [1.29, 1.82) is 0 Å². The van der Waals surface area contributed by atoms with Crippen molar-refractivity contribution in [2.45, 2.75) is 39.1 Å². The third kappa shape index (κ3) is 5.76. The van der Waals surface area contributed by atoms with Gasteiger partial charge in [-0.1, -0.05) is 24.3 Å². The summed E-state index contributed by atoms with van der Waals surface area (Å²) in [7, 11) is 0. The van der Waals surface area contributed by atoms with E-state index in [-0.39, 0.29) is 24.4 Å². The predicted molar refractivity (Wildman–Crippen MR) is 125 cm³/mol. The summed E-state index contributed by atoms with van der Waals surface area (Å²) < 4.78 is 22.1. The van der Waals surface area contributed by atoms with Gasteiger partial charge in [0.05, 0.1) is 24.4 Å². The average molecular weight is 467 g/mol. The summed E-state index contributed by atoms with van der Waals surface area (Å²) >= 11 is 0. The third-order valence-electron chi connectivity index (χ3n) is 5.53. The highest BCUT2D eigenvalue weighted by Gasteiger charge is 2.24. The highest BCUT2D eigenvalue weighted by Crippen LogP contribution is 2.26. The Morgan fingerprint density at radius 2 is 1.82 bits per heavy atom. The Morgan fingerprint density at radius 1 is 1.09 bits per heavy atom. The zero-order valence-corrected chi connectivity index (χ0v) is 19.1. The van der Waals surface area contributed by atoms with Gasteiger partial charge in [-0.25, -0.2) is 14.1 Å². The molecule has 2 atom stereocenters. The molecule has 178 valence electrons. The van der Waals surface area contributed by atoms with Gasteiger partial charge in [0.25, 0.3) is 0 Å². The molecule has 2 heterocycles. The van der Waals surface area contributed by atoms with Crippen LogP contribution in [0, 0.1) is 5.82 Å². The lowest BCUT2D eigenvalue weighted by Crippen LogP contribution is -2.45. The van der Waals surface area contributed by atoms with Gasteiger partial charge >= 0.3 is 11.8 Å². The number of carbonyl (C=O) groups excluding carboxylic acids is 2. The molecule has 1 aromatic heterocycles. The molecule has 1 fully saturated rings. The number of anilines is 2. The highest BCUT2D eigenvalue weighted by molar-refractivity contribution is 6.39. The Bertz CT molecular complexity index is 1140. The third-order valence-corrected chi connectivity index (χ3v) is 5.53. The van der Waals surface area contributed by atoms with Crippen LogP contribution in [0.1, 0.15) is 25.0 Å². The maximum absolute atomic E-state index is 14.8. The van der Waals surface area contributed by atoms with Crippen LogP contribution in [0.15, 0.2) is 55.1 Å². The molecule has 2 unspecified atom stereocenters. The van der Waals surface area contributed by atoms with Gasteiger partial charge in [0, 0.05) is 25.3 Å². The molecule has 2 amide bonds. The van der Waals surface area contributed by atoms with Crippen LogP contribution in [0.5, 0.6) is 0 Å². The van der Waals surface area contributed by atoms with E-state index in [2.05, 4.69) is 20.7 Å². The fourth-order valence-corrected chi connectivity index (χ4v) is 4.03. The summed E-state index contributed by atoms with van der Waals surface area (Å²) in [4.78, 5) is 30.6. The first-order valence-electron chi connectivity index (χ1n) is 11.1. The summed E-state index contributed by atoms with van der Waals surface area (Å²) in [5.74, 6) is -2.15. The van der Waals surface area contributed by atoms with E-state index in [0.717, 1.165) is 11.1 Å². The molecule has 0 radical (unpaired) electrons. The lowest BCUT2D eigenvalue weighted by atomic mass is 10.1. The van der Waals surface area contributed by atoms with Gasteiger partial charge in [-0.05, 0) is 43.2 Å². The summed E-state index contributed by atoms with van der Waals surface area (Å²) in [5.41, 5.74) is 2.44. The minimum Gasteiger partial charge on any atom is -0.372 e. The van der Waals surface area contributed by atoms with Gasteiger partial charge in [-0.3, -0.25) is 9.59 Å². The fraction of sp³-hybridized carbons (Fsp3) is 0.333. The van der Waals surface area contributed by atoms with Crippen LogP contribution in [-0.4, -0.2) is 51.9 Å². The van der Waals surface area contributed by atoms with Crippen LogP contribution in [0.3, 0.4) is 0 Å². The summed E-state index contributed by atoms with van der Waals surface area (Å²) in [5, 5.41) is 9.16. The number of ether oxygens (including phenoxy) is 1. The number of nitrogens with zero attached hydrogens (tertiary/aromatic N) is 4. The van der Waals surface area contributed by atoms with E-state index in [4.69, 9.17) is 4.74 Å². The SMILES string of the molecule is CC1CN(c2ccc(NC(=O)C(=O)NCc3ccccc3Cn3cncn3)cc2F)CC(C)O1. The molecule has 34 heavy (non-hydrogen) atoms. The number of morpholine rings is 1. The van der Waals surface area contributed by atoms with Gasteiger partial charge in [0.15, 0.2) is 0 Å². The lowest BCUT2D eigenvalue weighted by molar-refractivity contribution is -0.136. The molecule has 2 aromatic carbocycles. The van der Waals surface area contributed by atoms with Crippen molar-refractivity contribution >= 4 is 23.2 Å². The minimum absolute atomic E-state index is 0.00688. The molecule has 4 rings (SSSR count). The first kappa shape index (κ1) is 23.4. The monoisotopic (exact) mass is 466 g/mol. The number of nitrogens with one attached hydrogen (secondary N) is 2. The first-order chi connectivity index (χ1) is 16.4. The van der Waals surface area contributed by atoms with Crippen LogP contribution in [0.2, 0.25) is 0 Å². The molecule has 0 spiro atoms. The average Bonchev–Trinajstić information content (AvgIpc) is 3.31. The van der Waals surface area contributed by atoms with Crippen molar-refractivity contribution in [2.24, 2.45) is 0 Å². The molecule has 0 saturated carbocycles. The van der Waals surface area contributed by atoms with E-state index in [0.29, 0.717) is 25.3 Å². The zero-order valence-electron chi connectivity index (χ0n) is 19.1. The van der Waals surface area contributed by atoms with Gasteiger partial charge in [-0.2, -0.15) is 5.10 Å². The number of rotatable bonds is 6. The minimum atomic E-state index is -0.866. The van der Waals surface area contributed by atoms with E-state index >= 15 is 0 Å². The van der Waals surface area contributed by atoms with Crippen molar-refractivity contribution in [3.63, 3.8) is 0 Å². The first-order valence-corrected chi connectivity index (χ1v) is 11.1. The number of amides is 2. The molecule has 1 saturated heterocycles. The number of benzene rings is 2. The molecule has 3 aromatic rings. The standard InChI is InChI=1S/C24H27FN6O3/c1-16-11-30(12-17(2)34-16)22-8-7-20(9-21(22)25)29-24(33)23(32)27-10-18-5-3-4-6-19(18)13-31-15-26-14-28-31/h3-9,14-17H,10-13H2,1-2H3,(H,27,32)(H,29,33). The zero-order chi connectivity index (χ0) is 24.1. The van der Waals surface area contributed by atoms with Gasteiger partial charge in [0.1, 0.15) is 18.5 Å². The fourth-order valence-electron chi connectivity index (χ4n) is 4.03. The number of halogens is 1. The van der Waals surface area contributed by atoms with Crippen molar-refractivity contribution in [3.8, 4) is 0 Å². The van der Waals surface area contributed by atoms with Gasteiger partial charge in [0.2, 0.25) is 0 Å². The molecular weight excluding hydrogens is 439 g/mol. The summed E-state index contributed by atoms with van der Waals surface area (Å²) in [6.07, 6.45) is 3.04. The van der Waals surface area contributed by atoms with Crippen LogP contribution in [-0.2, 0) is 27.4 Å². The molecule has 1 aliphatic rings. The Labute approximate surface area is 196 Å². The number of hydrogen-bond donors (Lipinski definition) is 2. The quantitative estimate of drug-likeness (QED) is 0.541. The van der Waals surface area contributed by atoms with E-state index < -0.39 is 17.6 Å². The maximum atomic E-state index is 14.8. The molecule has 2 N–H and O–H groups in total. The number of carbonyl (C=O) groups is 2. The van der Waals surface area contributed by atoms with Crippen LogP contribution in [0.4, 0.5) is 15.8 Å². The second kappa shape index (κ2) is 10.4. The van der Waals surface area contributed by atoms with Crippen LogP contribution in [0.25, 0.3) is 0 Å². The molecule has 0 bridgehead atoms. The maximum Gasteiger partial charge on any atom is 0.313 e.